The smallest absolute Gasteiger partial charge is 0.407 e. The van der Waals surface area contributed by atoms with Crippen molar-refractivity contribution < 1.29 is 31.5 Å². The van der Waals surface area contributed by atoms with E-state index < -0.39 is 33.2 Å². The topological polar surface area (TPSA) is 81.7 Å². The normalized spacial score (nSPS) is 11.7. The molecule has 0 aliphatic rings. The number of rotatable bonds is 9. The van der Waals surface area contributed by atoms with E-state index in [1.807, 2.05) is 6.07 Å². The van der Waals surface area contributed by atoms with Crippen molar-refractivity contribution in [1.29, 1.82) is 0 Å². The van der Waals surface area contributed by atoms with Gasteiger partial charge in [0.2, 0.25) is 0 Å². The Kier molecular flexibility index (Phi) is 8.91. The molecule has 0 fully saturated rings. The highest BCUT2D eigenvalue weighted by molar-refractivity contribution is 7.90. The molecule has 0 bridgehead atoms. The van der Waals surface area contributed by atoms with Gasteiger partial charge in [0, 0.05) is 12.1 Å². The first-order valence-electron chi connectivity index (χ1n) is 11.8. The first-order valence-corrected chi connectivity index (χ1v) is 13.4. The van der Waals surface area contributed by atoms with Crippen LogP contribution in [0.15, 0.2) is 65.6 Å². The summed E-state index contributed by atoms with van der Waals surface area (Å²) in [5.74, 6) is -1.48. The largest absolute Gasteiger partial charge is 0.495 e. The van der Waals surface area contributed by atoms with Crippen LogP contribution in [0.3, 0.4) is 0 Å². The van der Waals surface area contributed by atoms with Crippen LogP contribution >= 0.6 is 0 Å². The van der Waals surface area contributed by atoms with Gasteiger partial charge in [-0.3, -0.25) is 0 Å². The van der Waals surface area contributed by atoms with E-state index in [9.17, 15) is 22.0 Å². The highest BCUT2D eigenvalue weighted by atomic mass is 32.2. The molecule has 0 unspecified atom stereocenters. The van der Waals surface area contributed by atoms with Gasteiger partial charge in [0.1, 0.15) is 27.9 Å². The second-order valence-electron chi connectivity index (χ2n) is 9.60. The molecular weight excluding hydrogens is 500 g/mol. The van der Waals surface area contributed by atoms with Gasteiger partial charge in [0.05, 0.1) is 12.9 Å². The van der Waals surface area contributed by atoms with Crippen molar-refractivity contribution in [1.82, 2.24) is 5.32 Å². The second-order valence-corrected chi connectivity index (χ2v) is 11.6. The predicted molar refractivity (Wildman–Crippen MR) is 138 cm³/mol. The summed E-state index contributed by atoms with van der Waals surface area (Å²) in [5, 5.41) is 2.70. The summed E-state index contributed by atoms with van der Waals surface area (Å²) >= 11 is 0. The quantitative estimate of drug-likeness (QED) is 0.339. The Morgan fingerprint density at radius 2 is 1.70 bits per heavy atom. The minimum Gasteiger partial charge on any atom is -0.495 e. The number of alkyl carbamates (subject to hydrolysis) is 1. The van der Waals surface area contributed by atoms with Crippen LogP contribution in [0.4, 0.5) is 13.6 Å². The third-order valence-corrected chi connectivity index (χ3v) is 7.10. The molecule has 1 N–H and O–H groups in total. The van der Waals surface area contributed by atoms with Gasteiger partial charge in [-0.05, 0) is 80.6 Å². The molecule has 3 rings (SSSR count). The number of aryl methyl sites for hydroxylation is 1. The molecule has 6 nitrogen and oxygen atoms in total. The predicted octanol–water partition coefficient (Wildman–Crippen LogP) is 6.07. The fourth-order valence-corrected chi connectivity index (χ4v) is 5.31. The van der Waals surface area contributed by atoms with Crippen molar-refractivity contribution >= 4 is 15.9 Å². The van der Waals surface area contributed by atoms with Crippen molar-refractivity contribution in [3.8, 4) is 16.9 Å². The minimum absolute atomic E-state index is 0.0407. The van der Waals surface area contributed by atoms with E-state index in [1.54, 1.807) is 39.0 Å². The molecule has 0 aliphatic heterocycles. The summed E-state index contributed by atoms with van der Waals surface area (Å²) in [6.45, 7) is 5.78. The zero-order valence-electron chi connectivity index (χ0n) is 21.3. The number of benzene rings is 3. The number of amides is 1. The second kappa shape index (κ2) is 11.7. The van der Waals surface area contributed by atoms with E-state index in [1.165, 1.54) is 25.3 Å². The van der Waals surface area contributed by atoms with Gasteiger partial charge in [-0.25, -0.2) is 22.0 Å². The molecule has 0 aromatic heterocycles. The zero-order valence-corrected chi connectivity index (χ0v) is 22.1. The number of hydrogen-bond acceptors (Lipinski definition) is 5. The Hall–Kier alpha value is -3.46. The van der Waals surface area contributed by atoms with E-state index >= 15 is 0 Å². The fourth-order valence-electron chi connectivity index (χ4n) is 3.78. The Morgan fingerprint density at radius 3 is 2.41 bits per heavy atom. The summed E-state index contributed by atoms with van der Waals surface area (Å²) in [4.78, 5) is 11.7. The standard InChI is InChI=1S/C28H31F2NO5S/c1-28(2,3)36-27(32)31-14-6-9-19-7-5-8-20(15-19)18-37(33,34)26-16-21(10-13-25(26)35-4)23-17-22(29)11-12-24(23)30/h5,7-8,10-13,15-17H,6,9,14,18H2,1-4H3,(H,31,32). The van der Waals surface area contributed by atoms with Gasteiger partial charge in [-0.1, -0.05) is 30.3 Å². The highest BCUT2D eigenvalue weighted by Gasteiger charge is 2.22. The van der Waals surface area contributed by atoms with Crippen LogP contribution in [-0.4, -0.2) is 33.8 Å². The lowest BCUT2D eigenvalue weighted by Crippen LogP contribution is -2.33. The number of sulfone groups is 1. The van der Waals surface area contributed by atoms with E-state index in [-0.39, 0.29) is 27.5 Å². The molecule has 3 aromatic carbocycles. The van der Waals surface area contributed by atoms with Crippen LogP contribution in [0.2, 0.25) is 0 Å². The van der Waals surface area contributed by atoms with E-state index in [0.29, 0.717) is 24.9 Å². The molecule has 3 aromatic rings. The lowest BCUT2D eigenvalue weighted by Gasteiger charge is -2.19. The van der Waals surface area contributed by atoms with Gasteiger partial charge >= 0.3 is 6.09 Å². The molecule has 0 spiro atoms. The van der Waals surface area contributed by atoms with E-state index in [0.717, 1.165) is 23.8 Å². The Bertz CT molecular complexity index is 1370. The number of methoxy groups -OCH3 is 1. The van der Waals surface area contributed by atoms with Crippen LogP contribution in [0.5, 0.6) is 5.75 Å². The summed E-state index contributed by atoms with van der Waals surface area (Å²) in [7, 11) is -2.54. The number of carbonyl (C=O) groups is 1. The molecule has 0 heterocycles. The van der Waals surface area contributed by atoms with Gasteiger partial charge in [-0.15, -0.1) is 0 Å². The maximum absolute atomic E-state index is 14.3. The number of carbonyl (C=O) groups excluding carboxylic acids is 1. The number of nitrogens with one attached hydrogen (secondary N) is 1. The third kappa shape index (κ3) is 8.01. The van der Waals surface area contributed by atoms with Crippen molar-refractivity contribution in [2.24, 2.45) is 0 Å². The first kappa shape index (κ1) is 28.1. The van der Waals surface area contributed by atoms with Crippen LogP contribution in [0, 0.1) is 11.6 Å². The van der Waals surface area contributed by atoms with Gasteiger partial charge in [0.25, 0.3) is 0 Å². The molecule has 0 aliphatic carbocycles. The SMILES string of the molecule is COc1ccc(-c2cc(F)ccc2F)cc1S(=O)(=O)Cc1cccc(CCCNC(=O)OC(C)(C)C)c1. The van der Waals surface area contributed by atoms with E-state index in [4.69, 9.17) is 9.47 Å². The molecule has 198 valence electrons. The molecule has 37 heavy (non-hydrogen) atoms. The number of hydrogen-bond donors (Lipinski definition) is 1. The Balaban J connectivity index is 1.74. The number of halogens is 2. The molecule has 0 atom stereocenters. The molecule has 9 heteroatoms. The number of ether oxygens (including phenoxy) is 2. The molecule has 0 saturated heterocycles. The van der Waals surface area contributed by atoms with Crippen molar-refractivity contribution in [2.75, 3.05) is 13.7 Å². The lowest BCUT2D eigenvalue weighted by molar-refractivity contribution is 0.0527. The lowest BCUT2D eigenvalue weighted by atomic mass is 10.0. The van der Waals surface area contributed by atoms with Crippen molar-refractivity contribution in [3.63, 3.8) is 0 Å². The van der Waals surface area contributed by atoms with Gasteiger partial charge in [-0.2, -0.15) is 0 Å². The molecule has 0 radical (unpaired) electrons. The average molecular weight is 532 g/mol. The summed E-state index contributed by atoms with van der Waals surface area (Å²) in [5.41, 5.74) is 1.10. The minimum atomic E-state index is -3.89. The zero-order chi connectivity index (χ0) is 27.2. The van der Waals surface area contributed by atoms with Crippen molar-refractivity contribution in [3.05, 3.63) is 83.4 Å². The van der Waals surface area contributed by atoms with Crippen molar-refractivity contribution in [2.45, 2.75) is 49.9 Å². The Morgan fingerprint density at radius 1 is 0.973 bits per heavy atom. The highest BCUT2D eigenvalue weighted by Crippen LogP contribution is 2.33. The molecule has 1 amide bonds. The molecule has 0 saturated carbocycles. The summed E-state index contributed by atoms with van der Waals surface area (Å²) in [6.07, 6.45) is 0.785. The first-order chi connectivity index (χ1) is 17.4. The van der Waals surface area contributed by atoms with Crippen LogP contribution in [0.1, 0.15) is 38.3 Å². The van der Waals surface area contributed by atoms with Gasteiger partial charge in [0.15, 0.2) is 9.84 Å². The van der Waals surface area contributed by atoms with E-state index in [2.05, 4.69) is 5.32 Å². The maximum Gasteiger partial charge on any atom is 0.407 e. The van der Waals surface area contributed by atoms with Crippen LogP contribution in [0.25, 0.3) is 11.1 Å². The van der Waals surface area contributed by atoms with Gasteiger partial charge < -0.3 is 14.8 Å². The summed E-state index contributed by atoms with van der Waals surface area (Å²) in [6, 6.07) is 14.4. The van der Waals surface area contributed by atoms with Crippen LogP contribution in [-0.2, 0) is 26.7 Å². The summed E-state index contributed by atoms with van der Waals surface area (Å²) < 4.78 is 65.2. The maximum atomic E-state index is 14.3. The monoisotopic (exact) mass is 531 g/mol. The Labute approximate surface area is 216 Å². The fraction of sp³-hybridized carbons (Fsp3) is 0.321. The average Bonchev–Trinajstić information content (AvgIpc) is 2.82. The third-order valence-electron chi connectivity index (χ3n) is 5.40. The molecular formula is C28H31F2NO5S. The van der Waals surface area contributed by atoms with Crippen LogP contribution < -0.4 is 10.1 Å².